The minimum absolute atomic E-state index is 0.0601. The monoisotopic (exact) mass is 291 g/mol. The third-order valence-electron chi connectivity index (χ3n) is 2.89. The summed E-state index contributed by atoms with van der Waals surface area (Å²) in [5.41, 5.74) is -0.668. The summed E-state index contributed by atoms with van der Waals surface area (Å²) < 4.78 is 1.86. The van der Waals surface area contributed by atoms with E-state index in [9.17, 15) is 14.7 Å². The van der Waals surface area contributed by atoms with Crippen LogP contribution in [-0.2, 0) is 14.1 Å². The Bertz CT molecular complexity index is 778. The molecular weight excluding hydrogens is 278 g/mol. The Hall–Kier alpha value is -2.41. The number of thiocarbonyl (C=S) groups is 1. The predicted octanol–water partition coefficient (Wildman–Crippen LogP) is 0.577. The second-order valence-electron chi connectivity index (χ2n) is 4.22. The number of benzene rings is 1. The molecule has 2 aromatic rings. The van der Waals surface area contributed by atoms with Crippen molar-refractivity contribution in [3.63, 3.8) is 0 Å². The molecule has 0 spiro atoms. The van der Waals surface area contributed by atoms with Gasteiger partial charge in [-0.2, -0.15) is 0 Å². The Morgan fingerprint density at radius 2 is 1.75 bits per heavy atom. The number of nitrogens with zero attached hydrogens (tertiary/aromatic N) is 2. The van der Waals surface area contributed by atoms with Crippen LogP contribution in [0.3, 0.4) is 0 Å². The van der Waals surface area contributed by atoms with Gasteiger partial charge < -0.3 is 10.4 Å². The van der Waals surface area contributed by atoms with E-state index >= 15 is 0 Å². The summed E-state index contributed by atoms with van der Waals surface area (Å²) in [4.78, 5) is 23.8. The van der Waals surface area contributed by atoms with Gasteiger partial charge in [0.25, 0.3) is 5.56 Å². The molecule has 0 saturated heterocycles. The highest BCUT2D eigenvalue weighted by Crippen LogP contribution is 2.13. The van der Waals surface area contributed by atoms with E-state index in [2.05, 4.69) is 5.32 Å². The van der Waals surface area contributed by atoms with E-state index in [1.54, 1.807) is 12.1 Å². The van der Waals surface area contributed by atoms with Gasteiger partial charge in [0.15, 0.2) is 0 Å². The molecule has 6 nitrogen and oxygen atoms in total. The third-order valence-corrected chi connectivity index (χ3v) is 3.20. The normalized spacial score (nSPS) is 10.3. The maximum absolute atomic E-state index is 12.1. The van der Waals surface area contributed by atoms with Crippen LogP contribution in [0.15, 0.2) is 39.9 Å². The summed E-state index contributed by atoms with van der Waals surface area (Å²) >= 11 is 5.14. The fraction of sp³-hybridized carbons (Fsp3) is 0.154. The van der Waals surface area contributed by atoms with E-state index < -0.39 is 17.1 Å². The van der Waals surface area contributed by atoms with Crippen LogP contribution in [-0.4, -0.2) is 19.2 Å². The summed E-state index contributed by atoms with van der Waals surface area (Å²) in [7, 11) is 2.70. The number of hydrogen-bond donors (Lipinski definition) is 2. The first-order chi connectivity index (χ1) is 9.43. The molecule has 2 N–H and O–H groups in total. The van der Waals surface area contributed by atoms with Gasteiger partial charge in [0.05, 0.1) is 0 Å². The lowest BCUT2D eigenvalue weighted by molar-refractivity contribution is 0.410. The van der Waals surface area contributed by atoms with E-state index in [4.69, 9.17) is 12.2 Å². The molecule has 0 radical (unpaired) electrons. The average molecular weight is 291 g/mol. The van der Waals surface area contributed by atoms with Crippen LogP contribution in [0.4, 0.5) is 5.69 Å². The Kier molecular flexibility index (Phi) is 3.71. The van der Waals surface area contributed by atoms with Crippen molar-refractivity contribution in [2.24, 2.45) is 14.1 Å². The molecule has 0 aliphatic rings. The van der Waals surface area contributed by atoms with E-state index in [0.29, 0.717) is 5.69 Å². The van der Waals surface area contributed by atoms with E-state index in [1.165, 1.54) is 14.1 Å². The van der Waals surface area contributed by atoms with Crippen molar-refractivity contribution in [2.75, 3.05) is 5.32 Å². The lowest BCUT2D eigenvalue weighted by Crippen LogP contribution is -2.40. The lowest BCUT2D eigenvalue weighted by Gasteiger charge is -2.12. The minimum atomic E-state index is -0.640. The van der Waals surface area contributed by atoms with Crippen LogP contribution in [0.1, 0.15) is 5.56 Å². The summed E-state index contributed by atoms with van der Waals surface area (Å²) in [6.07, 6.45) is 0. The van der Waals surface area contributed by atoms with Gasteiger partial charge in [0, 0.05) is 19.8 Å². The van der Waals surface area contributed by atoms with Gasteiger partial charge in [-0.05, 0) is 12.1 Å². The molecule has 104 valence electrons. The largest absolute Gasteiger partial charge is 0.494 e. The van der Waals surface area contributed by atoms with Gasteiger partial charge in [-0.1, -0.05) is 30.4 Å². The molecule has 1 aromatic heterocycles. The maximum Gasteiger partial charge on any atom is 0.333 e. The van der Waals surface area contributed by atoms with Crippen LogP contribution in [0.2, 0.25) is 0 Å². The molecule has 0 unspecified atom stereocenters. The first-order valence-electron chi connectivity index (χ1n) is 5.79. The quantitative estimate of drug-likeness (QED) is 0.792. The van der Waals surface area contributed by atoms with Crippen molar-refractivity contribution in [1.29, 1.82) is 0 Å². The molecule has 20 heavy (non-hydrogen) atoms. The summed E-state index contributed by atoms with van der Waals surface area (Å²) in [5, 5.41) is 12.8. The average Bonchev–Trinajstić information content (AvgIpc) is 2.44. The Morgan fingerprint density at radius 3 is 2.35 bits per heavy atom. The highest BCUT2D eigenvalue weighted by atomic mass is 32.1. The number of nitrogens with one attached hydrogen (secondary N) is 1. The lowest BCUT2D eigenvalue weighted by atomic mass is 10.2. The van der Waals surface area contributed by atoms with Crippen LogP contribution < -0.4 is 16.6 Å². The first-order valence-corrected chi connectivity index (χ1v) is 6.19. The molecule has 0 atom stereocenters. The van der Waals surface area contributed by atoms with Gasteiger partial charge in [0.1, 0.15) is 10.6 Å². The zero-order valence-corrected chi connectivity index (χ0v) is 11.8. The third kappa shape index (κ3) is 2.35. The number of rotatable bonds is 2. The smallest absolute Gasteiger partial charge is 0.333 e. The van der Waals surface area contributed by atoms with Crippen LogP contribution in [0.5, 0.6) is 5.88 Å². The molecule has 1 aromatic carbocycles. The maximum atomic E-state index is 12.1. The minimum Gasteiger partial charge on any atom is -0.494 e. The number of hydrogen-bond acceptors (Lipinski definition) is 4. The summed E-state index contributed by atoms with van der Waals surface area (Å²) in [5.74, 6) is -0.452. The van der Waals surface area contributed by atoms with Gasteiger partial charge >= 0.3 is 5.69 Å². The first kappa shape index (κ1) is 14.0. The SMILES string of the molecule is Cn1c(O)c(C(=S)Nc2ccccc2)c(=O)n(C)c1=O. The Labute approximate surface area is 119 Å². The van der Waals surface area contributed by atoms with Gasteiger partial charge in [0.2, 0.25) is 5.88 Å². The predicted molar refractivity (Wildman–Crippen MR) is 80.4 cm³/mol. The number of anilines is 1. The van der Waals surface area contributed by atoms with E-state index in [0.717, 1.165) is 9.13 Å². The number of para-hydroxylation sites is 1. The molecular formula is C13H13N3O3S. The van der Waals surface area contributed by atoms with Gasteiger partial charge in [-0.25, -0.2) is 4.79 Å². The van der Waals surface area contributed by atoms with Crippen molar-refractivity contribution < 1.29 is 5.11 Å². The van der Waals surface area contributed by atoms with E-state index in [1.807, 2.05) is 18.2 Å². The molecule has 0 aliphatic carbocycles. The summed E-state index contributed by atoms with van der Waals surface area (Å²) in [6.45, 7) is 0. The van der Waals surface area contributed by atoms with E-state index in [-0.39, 0.29) is 10.6 Å². The zero-order valence-electron chi connectivity index (χ0n) is 11.0. The molecule has 0 amide bonds. The van der Waals surface area contributed by atoms with Crippen LogP contribution >= 0.6 is 12.2 Å². The van der Waals surface area contributed by atoms with Crippen molar-refractivity contribution in [2.45, 2.75) is 0 Å². The zero-order chi connectivity index (χ0) is 14.9. The molecule has 0 saturated carbocycles. The summed E-state index contributed by atoms with van der Waals surface area (Å²) in [6, 6.07) is 9.01. The Morgan fingerprint density at radius 1 is 1.15 bits per heavy atom. The molecule has 0 fully saturated rings. The number of aromatic nitrogens is 2. The molecule has 0 aliphatic heterocycles. The molecule has 0 bridgehead atoms. The molecule has 1 heterocycles. The van der Waals surface area contributed by atoms with Crippen molar-refractivity contribution in [3.05, 3.63) is 56.7 Å². The fourth-order valence-electron chi connectivity index (χ4n) is 1.75. The topological polar surface area (TPSA) is 76.3 Å². The number of aromatic hydroxyl groups is 1. The fourth-order valence-corrected chi connectivity index (χ4v) is 2.04. The standard InChI is InChI=1S/C13H13N3O3S/c1-15-11(17)9(12(18)16(2)13(15)19)10(20)14-8-6-4-3-5-7-8/h3-7,17H,1-2H3,(H,14,20). The van der Waals surface area contributed by atoms with Crippen LogP contribution in [0, 0.1) is 0 Å². The van der Waals surface area contributed by atoms with Crippen LogP contribution in [0.25, 0.3) is 0 Å². The van der Waals surface area contributed by atoms with Gasteiger partial charge in [-0.3, -0.25) is 13.9 Å². The Balaban J connectivity index is 2.51. The highest BCUT2D eigenvalue weighted by molar-refractivity contribution is 7.81. The second-order valence-corrected chi connectivity index (χ2v) is 4.63. The van der Waals surface area contributed by atoms with Crippen molar-refractivity contribution >= 4 is 22.9 Å². The van der Waals surface area contributed by atoms with Crippen molar-refractivity contribution in [3.8, 4) is 5.88 Å². The highest BCUT2D eigenvalue weighted by Gasteiger charge is 2.18. The molecule has 2 rings (SSSR count). The molecule has 7 heteroatoms. The van der Waals surface area contributed by atoms with Gasteiger partial charge in [-0.15, -0.1) is 0 Å². The second kappa shape index (κ2) is 5.30. The van der Waals surface area contributed by atoms with Crippen molar-refractivity contribution in [1.82, 2.24) is 9.13 Å².